The van der Waals surface area contributed by atoms with E-state index < -0.39 is 9.84 Å². The highest BCUT2D eigenvalue weighted by Crippen LogP contribution is 2.23. The van der Waals surface area contributed by atoms with Gasteiger partial charge in [-0.3, -0.25) is 4.79 Å². The van der Waals surface area contributed by atoms with Crippen molar-refractivity contribution in [2.45, 2.75) is 26.3 Å². The number of carbonyl (C=O) groups is 1. The zero-order valence-corrected chi connectivity index (χ0v) is 15.2. The molecule has 0 aliphatic carbocycles. The molecule has 1 amide bonds. The van der Waals surface area contributed by atoms with E-state index in [1.807, 2.05) is 32.0 Å². The summed E-state index contributed by atoms with van der Waals surface area (Å²) in [6.45, 7) is 4.56. The molecule has 1 heterocycles. The van der Waals surface area contributed by atoms with E-state index in [4.69, 9.17) is 0 Å². The van der Waals surface area contributed by atoms with Crippen molar-refractivity contribution in [3.8, 4) is 0 Å². The molecule has 0 spiro atoms. The zero-order chi connectivity index (χ0) is 16.3. The average molecular weight is 389 g/mol. The van der Waals surface area contributed by atoms with Gasteiger partial charge in [0.2, 0.25) is 5.91 Å². The SMILES string of the molecule is CCN(C(=O)CNc1ccc(C)cc1Br)C1CCS(=O)(=O)C1. The Morgan fingerprint density at radius 1 is 1.45 bits per heavy atom. The summed E-state index contributed by atoms with van der Waals surface area (Å²) in [5.74, 6) is 0.191. The number of hydrogen-bond acceptors (Lipinski definition) is 4. The van der Waals surface area contributed by atoms with E-state index in [9.17, 15) is 13.2 Å². The van der Waals surface area contributed by atoms with Gasteiger partial charge in [-0.05, 0) is 53.9 Å². The Morgan fingerprint density at radius 3 is 2.73 bits per heavy atom. The first kappa shape index (κ1) is 17.3. The minimum absolute atomic E-state index is 0.0722. The molecule has 0 bridgehead atoms. The molecule has 122 valence electrons. The molecular weight excluding hydrogens is 368 g/mol. The van der Waals surface area contributed by atoms with E-state index in [-0.39, 0.29) is 30.0 Å². The summed E-state index contributed by atoms with van der Waals surface area (Å²) in [7, 11) is -2.98. The number of nitrogens with one attached hydrogen (secondary N) is 1. The molecule has 0 radical (unpaired) electrons. The van der Waals surface area contributed by atoms with Gasteiger partial charge in [0.25, 0.3) is 0 Å². The van der Waals surface area contributed by atoms with Gasteiger partial charge >= 0.3 is 0 Å². The molecule has 1 unspecified atom stereocenters. The summed E-state index contributed by atoms with van der Waals surface area (Å²) in [5.41, 5.74) is 1.99. The van der Waals surface area contributed by atoms with Crippen molar-refractivity contribution in [1.82, 2.24) is 4.90 Å². The van der Waals surface area contributed by atoms with Crippen molar-refractivity contribution >= 4 is 37.4 Å². The summed E-state index contributed by atoms with van der Waals surface area (Å²) in [4.78, 5) is 14.0. The van der Waals surface area contributed by atoms with Crippen LogP contribution in [0.1, 0.15) is 18.9 Å². The van der Waals surface area contributed by atoms with Crippen LogP contribution in [0.25, 0.3) is 0 Å². The van der Waals surface area contributed by atoms with Gasteiger partial charge in [0, 0.05) is 22.7 Å². The normalized spacial score (nSPS) is 19.9. The fourth-order valence-corrected chi connectivity index (χ4v) is 5.06. The molecule has 1 fully saturated rings. The molecule has 1 aromatic carbocycles. The molecule has 7 heteroatoms. The van der Waals surface area contributed by atoms with Crippen LogP contribution in [0.15, 0.2) is 22.7 Å². The van der Waals surface area contributed by atoms with Crippen LogP contribution < -0.4 is 5.32 Å². The summed E-state index contributed by atoms with van der Waals surface area (Å²) in [6.07, 6.45) is 0.538. The molecular formula is C15H21BrN2O3S. The van der Waals surface area contributed by atoms with E-state index in [0.717, 1.165) is 15.7 Å². The zero-order valence-electron chi connectivity index (χ0n) is 12.8. The molecule has 1 atom stereocenters. The Hall–Kier alpha value is -1.08. The lowest BCUT2D eigenvalue weighted by Gasteiger charge is -2.27. The van der Waals surface area contributed by atoms with Gasteiger partial charge in [-0.25, -0.2) is 8.42 Å². The second kappa shape index (κ2) is 7.00. The van der Waals surface area contributed by atoms with Gasteiger partial charge in [-0.1, -0.05) is 6.07 Å². The number of sulfone groups is 1. The van der Waals surface area contributed by atoms with Gasteiger partial charge in [0.1, 0.15) is 0 Å². The minimum atomic E-state index is -2.98. The molecule has 1 aliphatic rings. The summed E-state index contributed by atoms with van der Waals surface area (Å²) in [6, 6.07) is 5.68. The number of amides is 1. The third-order valence-corrected chi connectivity index (χ3v) is 6.27. The van der Waals surface area contributed by atoms with Gasteiger partial charge < -0.3 is 10.2 Å². The number of rotatable bonds is 5. The highest BCUT2D eigenvalue weighted by Gasteiger charge is 2.33. The van der Waals surface area contributed by atoms with E-state index in [2.05, 4.69) is 21.2 Å². The lowest BCUT2D eigenvalue weighted by molar-refractivity contribution is -0.130. The molecule has 1 aliphatic heterocycles. The lowest BCUT2D eigenvalue weighted by atomic mass is 10.2. The highest BCUT2D eigenvalue weighted by atomic mass is 79.9. The third-order valence-electron chi connectivity index (χ3n) is 3.86. The van der Waals surface area contributed by atoms with Crippen LogP contribution in [0.4, 0.5) is 5.69 Å². The monoisotopic (exact) mass is 388 g/mol. The topological polar surface area (TPSA) is 66.5 Å². The predicted octanol–water partition coefficient (Wildman–Crippen LogP) is 2.21. The second-order valence-electron chi connectivity index (χ2n) is 5.57. The maximum absolute atomic E-state index is 12.4. The summed E-state index contributed by atoms with van der Waals surface area (Å²) >= 11 is 3.47. The first-order valence-electron chi connectivity index (χ1n) is 7.32. The van der Waals surface area contributed by atoms with Crippen LogP contribution in [0.3, 0.4) is 0 Å². The van der Waals surface area contributed by atoms with Gasteiger partial charge in [-0.2, -0.15) is 0 Å². The van der Waals surface area contributed by atoms with Gasteiger partial charge in [-0.15, -0.1) is 0 Å². The number of aryl methyl sites for hydroxylation is 1. The predicted molar refractivity (Wildman–Crippen MR) is 91.8 cm³/mol. The lowest BCUT2D eigenvalue weighted by Crippen LogP contribution is -2.43. The maximum Gasteiger partial charge on any atom is 0.242 e. The van der Waals surface area contributed by atoms with Crippen LogP contribution in [-0.4, -0.2) is 49.9 Å². The Balaban J connectivity index is 1.98. The number of anilines is 1. The average Bonchev–Trinajstić information content (AvgIpc) is 2.78. The van der Waals surface area contributed by atoms with Gasteiger partial charge in [0.15, 0.2) is 9.84 Å². The molecule has 2 rings (SSSR count). The second-order valence-corrected chi connectivity index (χ2v) is 8.66. The molecule has 0 aromatic heterocycles. The fraction of sp³-hybridized carbons (Fsp3) is 0.533. The molecule has 1 saturated heterocycles. The maximum atomic E-state index is 12.4. The van der Waals surface area contributed by atoms with E-state index in [1.54, 1.807) is 4.90 Å². The third kappa shape index (κ3) is 4.23. The van der Waals surface area contributed by atoms with Crippen molar-refractivity contribution in [2.24, 2.45) is 0 Å². The molecule has 1 aromatic rings. The molecule has 22 heavy (non-hydrogen) atoms. The van der Waals surface area contributed by atoms with Gasteiger partial charge in [0.05, 0.1) is 18.1 Å². The summed E-state index contributed by atoms with van der Waals surface area (Å²) < 4.78 is 24.1. The molecule has 0 saturated carbocycles. The van der Waals surface area contributed by atoms with Crippen LogP contribution >= 0.6 is 15.9 Å². The first-order chi connectivity index (χ1) is 10.3. The number of hydrogen-bond donors (Lipinski definition) is 1. The standard InChI is InChI=1S/C15H21BrN2O3S/c1-3-18(12-6-7-22(20,21)10-12)15(19)9-17-14-5-4-11(2)8-13(14)16/h4-5,8,12,17H,3,6-7,9-10H2,1-2H3. The van der Waals surface area contributed by atoms with Crippen molar-refractivity contribution in [1.29, 1.82) is 0 Å². The van der Waals surface area contributed by atoms with E-state index in [0.29, 0.717) is 13.0 Å². The van der Waals surface area contributed by atoms with Crippen LogP contribution in [-0.2, 0) is 14.6 Å². The number of halogens is 1. The van der Waals surface area contributed by atoms with Crippen molar-refractivity contribution in [3.05, 3.63) is 28.2 Å². The first-order valence-corrected chi connectivity index (χ1v) is 9.93. The largest absolute Gasteiger partial charge is 0.375 e. The van der Waals surface area contributed by atoms with E-state index >= 15 is 0 Å². The quantitative estimate of drug-likeness (QED) is 0.839. The van der Waals surface area contributed by atoms with Crippen LogP contribution in [0, 0.1) is 6.92 Å². The van der Waals surface area contributed by atoms with Crippen LogP contribution in [0.2, 0.25) is 0 Å². The number of likely N-dealkylation sites (N-methyl/N-ethyl adjacent to an activating group) is 1. The minimum Gasteiger partial charge on any atom is -0.375 e. The molecule has 1 N–H and O–H groups in total. The highest BCUT2D eigenvalue weighted by molar-refractivity contribution is 9.10. The molecule has 5 nitrogen and oxygen atoms in total. The Morgan fingerprint density at radius 2 is 2.18 bits per heavy atom. The smallest absolute Gasteiger partial charge is 0.242 e. The Labute approximate surface area is 140 Å². The van der Waals surface area contributed by atoms with E-state index in [1.165, 1.54) is 0 Å². The van der Waals surface area contributed by atoms with Crippen molar-refractivity contribution in [2.75, 3.05) is 29.9 Å². The number of benzene rings is 1. The van der Waals surface area contributed by atoms with Crippen molar-refractivity contribution < 1.29 is 13.2 Å². The number of nitrogens with zero attached hydrogens (tertiary/aromatic N) is 1. The number of carbonyl (C=O) groups excluding carboxylic acids is 1. The Bertz CT molecular complexity index is 661. The summed E-state index contributed by atoms with van der Waals surface area (Å²) in [5, 5.41) is 3.11. The fourth-order valence-electron chi connectivity index (χ4n) is 2.70. The van der Waals surface area contributed by atoms with Crippen LogP contribution in [0.5, 0.6) is 0 Å². The van der Waals surface area contributed by atoms with Crippen molar-refractivity contribution in [3.63, 3.8) is 0 Å². The Kier molecular flexibility index (Phi) is 5.50.